The van der Waals surface area contributed by atoms with E-state index in [1.807, 2.05) is 0 Å². The van der Waals surface area contributed by atoms with Crippen LogP contribution in [0, 0.1) is 0 Å². The maximum atomic E-state index is 10.8. The number of primary amides is 1. The van der Waals surface area contributed by atoms with E-state index in [0.717, 1.165) is 30.1 Å². The molecule has 0 aliphatic carbocycles. The molecule has 0 saturated heterocycles. The van der Waals surface area contributed by atoms with E-state index in [-0.39, 0.29) is 5.91 Å². The van der Waals surface area contributed by atoms with E-state index in [0.29, 0.717) is 5.56 Å². The van der Waals surface area contributed by atoms with Crippen molar-refractivity contribution in [2.45, 2.75) is 13.0 Å². The standard InChI is InChI=1S/C10H16N2O2S2/c1-16(14)4-2-3-12-6-9-5-8(7-15-9)10(11)13/h5,7,12H,2-4,6H2,1H3,(H2,11,13). The minimum atomic E-state index is -0.714. The molecule has 4 nitrogen and oxygen atoms in total. The summed E-state index contributed by atoms with van der Waals surface area (Å²) in [6.07, 6.45) is 2.61. The van der Waals surface area contributed by atoms with E-state index >= 15 is 0 Å². The SMILES string of the molecule is CS(=O)CCCNCc1cc(C(N)=O)cs1. The van der Waals surface area contributed by atoms with Gasteiger partial charge < -0.3 is 11.1 Å². The van der Waals surface area contributed by atoms with Crippen LogP contribution in [0.25, 0.3) is 0 Å². The van der Waals surface area contributed by atoms with Gasteiger partial charge in [-0.3, -0.25) is 9.00 Å². The summed E-state index contributed by atoms with van der Waals surface area (Å²) in [7, 11) is -0.714. The number of carbonyl (C=O) groups is 1. The number of nitrogens with one attached hydrogen (secondary N) is 1. The maximum absolute atomic E-state index is 10.8. The molecule has 0 aromatic carbocycles. The van der Waals surface area contributed by atoms with Gasteiger partial charge in [0.05, 0.1) is 5.56 Å². The molecule has 6 heteroatoms. The molecule has 1 aromatic rings. The van der Waals surface area contributed by atoms with Crippen LogP contribution >= 0.6 is 11.3 Å². The van der Waals surface area contributed by atoms with Crippen LogP contribution < -0.4 is 11.1 Å². The molecule has 3 N–H and O–H groups in total. The summed E-state index contributed by atoms with van der Waals surface area (Å²) in [5.41, 5.74) is 5.72. The predicted molar refractivity (Wildman–Crippen MR) is 68.1 cm³/mol. The van der Waals surface area contributed by atoms with E-state index in [2.05, 4.69) is 5.32 Å². The molecule has 0 aliphatic heterocycles. The molecular formula is C10H16N2O2S2. The molecule has 16 heavy (non-hydrogen) atoms. The summed E-state index contributed by atoms with van der Waals surface area (Å²) in [6, 6.07) is 1.80. The Balaban J connectivity index is 2.21. The molecule has 0 aliphatic rings. The highest BCUT2D eigenvalue weighted by molar-refractivity contribution is 7.84. The first-order chi connectivity index (χ1) is 7.59. The van der Waals surface area contributed by atoms with Gasteiger partial charge in [0.15, 0.2) is 0 Å². The highest BCUT2D eigenvalue weighted by atomic mass is 32.2. The zero-order valence-corrected chi connectivity index (χ0v) is 10.8. The summed E-state index contributed by atoms with van der Waals surface area (Å²) < 4.78 is 10.8. The van der Waals surface area contributed by atoms with Crippen molar-refractivity contribution in [3.8, 4) is 0 Å². The topological polar surface area (TPSA) is 72.2 Å². The fraction of sp³-hybridized carbons (Fsp3) is 0.500. The van der Waals surface area contributed by atoms with Gasteiger partial charge in [-0.1, -0.05) is 0 Å². The quantitative estimate of drug-likeness (QED) is 0.709. The van der Waals surface area contributed by atoms with Crippen LogP contribution in [0.5, 0.6) is 0 Å². The van der Waals surface area contributed by atoms with Crippen LogP contribution in [-0.2, 0) is 17.3 Å². The molecule has 0 fully saturated rings. The molecule has 1 heterocycles. The number of amides is 1. The summed E-state index contributed by atoms with van der Waals surface area (Å²) in [5, 5.41) is 5.00. The third-order valence-corrected chi connectivity index (χ3v) is 3.82. The highest BCUT2D eigenvalue weighted by Gasteiger charge is 2.03. The second-order valence-electron chi connectivity index (χ2n) is 3.47. The molecule has 1 atom stereocenters. The molecule has 0 saturated carbocycles. The maximum Gasteiger partial charge on any atom is 0.249 e. The molecule has 1 amide bonds. The van der Waals surface area contributed by atoms with Crippen molar-refractivity contribution in [2.24, 2.45) is 5.73 Å². The Hall–Kier alpha value is -0.720. The van der Waals surface area contributed by atoms with Gasteiger partial charge in [-0.25, -0.2) is 0 Å². The number of nitrogens with two attached hydrogens (primary N) is 1. The Morgan fingerprint density at radius 1 is 1.62 bits per heavy atom. The summed E-state index contributed by atoms with van der Waals surface area (Å²) in [4.78, 5) is 11.9. The van der Waals surface area contributed by atoms with Crippen LogP contribution in [0.4, 0.5) is 0 Å². The zero-order valence-electron chi connectivity index (χ0n) is 9.19. The minimum absolute atomic E-state index is 0.385. The van der Waals surface area contributed by atoms with Crippen molar-refractivity contribution >= 4 is 28.0 Å². The Morgan fingerprint density at radius 3 is 2.94 bits per heavy atom. The average molecular weight is 260 g/mol. The zero-order chi connectivity index (χ0) is 12.0. The van der Waals surface area contributed by atoms with E-state index in [1.165, 1.54) is 11.3 Å². The number of carbonyl (C=O) groups excluding carboxylic acids is 1. The molecule has 0 radical (unpaired) electrons. The lowest BCUT2D eigenvalue weighted by molar-refractivity contribution is 0.100. The van der Waals surface area contributed by atoms with Crippen molar-refractivity contribution in [3.63, 3.8) is 0 Å². The molecule has 0 spiro atoms. The van der Waals surface area contributed by atoms with Crippen LogP contribution in [-0.4, -0.2) is 28.7 Å². The minimum Gasteiger partial charge on any atom is -0.366 e. The normalized spacial score (nSPS) is 12.6. The van der Waals surface area contributed by atoms with Gasteiger partial charge in [-0.05, 0) is 19.0 Å². The summed E-state index contributed by atoms with van der Waals surface area (Å²) >= 11 is 1.52. The lowest BCUT2D eigenvalue weighted by atomic mass is 10.3. The van der Waals surface area contributed by atoms with Crippen molar-refractivity contribution in [1.29, 1.82) is 0 Å². The smallest absolute Gasteiger partial charge is 0.249 e. The first-order valence-electron chi connectivity index (χ1n) is 4.97. The average Bonchev–Trinajstić information content (AvgIpc) is 2.65. The van der Waals surface area contributed by atoms with Gasteiger partial charge in [0, 0.05) is 39.6 Å². The van der Waals surface area contributed by atoms with Gasteiger partial charge in [-0.15, -0.1) is 11.3 Å². The fourth-order valence-electron chi connectivity index (χ4n) is 1.21. The Kier molecular flexibility index (Phi) is 5.65. The summed E-state index contributed by atoms with van der Waals surface area (Å²) in [5.74, 6) is 0.341. The predicted octanol–water partition coefficient (Wildman–Crippen LogP) is 0.705. The van der Waals surface area contributed by atoms with Gasteiger partial charge in [0.2, 0.25) is 5.91 Å². The van der Waals surface area contributed by atoms with Gasteiger partial charge in [-0.2, -0.15) is 0 Å². The number of rotatable bonds is 7. The monoisotopic (exact) mass is 260 g/mol. The second kappa shape index (κ2) is 6.78. The Morgan fingerprint density at radius 2 is 2.38 bits per heavy atom. The molecule has 1 rings (SSSR count). The van der Waals surface area contributed by atoms with Crippen LogP contribution in [0.15, 0.2) is 11.4 Å². The van der Waals surface area contributed by atoms with E-state index in [1.54, 1.807) is 17.7 Å². The van der Waals surface area contributed by atoms with Gasteiger partial charge >= 0.3 is 0 Å². The van der Waals surface area contributed by atoms with Crippen LogP contribution in [0.3, 0.4) is 0 Å². The van der Waals surface area contributed by atoms with E-state index in [9.17, 15) is 9.00 Å². The molecule has 0 bridgehead atoms. The van der Waals surface area contributed by atoms with Gasteiger partial charge in [0.1, 0.15) is 0 Å². The number of hydrogen-bond acceptors (Lipinski definition) is 4. The highest BCUT2D eigenvalue weighted by Crippen LogP contribution is 2.13. The first-order valence-corrected chi connectivity index (χ1v) is 7.58. The van der Waals surface area contributed by atoms with Gasteiger partial charge in [0.25, 0.3) is 0 Å². The fourth-order valence-corrected chi connectivity index (χ4v) is 2.61. The van der Waals surface area contributed by atoms with Crippen molar-refractivity contribution in [3.05, 3.63) is 21.9 Å². The first kappa shape index (κ1) is 13.3. The molecule has 1 unspecified atom stereocenters. The molecule has 1 aromatic heterocycles. The largest absolute Gasteiger partial charge is 0.366 e. The lowest BCUT2D eigenvalue weighted by Crippen LogP contribution is -2.16. The lowest BCUT2D eigenvalue weighted by Gasteiger charge is -2.01. The van der Waals surface area contributed by atoms with E-state index < -0.39 is 10.8 Å². The van der Waals surface area contributed by atoms with Crippen LogP contribution in [0.2, 0.25) is 0 Å². The number of thiophene rings is 1. The van der Waals surface area contributed by atoms with E-state index in [4.69, 9.17) is 5.73 Å². The van der Waals surface area contributed by atoms with Crippen molar-refractivity contribution < 1.29 is 9.00 Å². The molecular weight excluding hydrogens is 244 g/mol. The van der Waals surface area contributed by atoms with Crippen molar-refractivity contribution in [1.82, 2.24) is 5.32 Å². The van der Waals surface area contributed by atoms with Crippen LogP contribution in [0.1, 0.15) is 21.7 Å². The summed E-state index contributed by atoms with van der Waals surface area (Å²) in [6.45, 7) is 1.57. The molecule has 90 valence electrons. The Bertz CT molecular complexity index is 377. The second-order valence-corrected chi connectivity index (χ2v) is 6.02. The third kappa shape index (κ3) is 4.87. The number of hydrogen-bond donors (Lipinski definition) is 2. The Labute approximate surface area is 102 Å². The van der Waals surface area contributed by atoms with Crippen molar-refractivity contribution in [2.75, 3.05) is 18.6 Å². The third-order valence-electron chi connectivity index (χ3n) is 2.02.